The summed E-state index contributed by atoms with van der Waals surface area (Å²) in [4.78, 5) is 61.8. The van der Waals surface area contributed by atoms with Gasteiger partial charge in [0.25, 0.3) is 13.7 Å². The lowest BCUT2D eigenvalue weighted by Crippen LogP contribution is -2.47. The van der Waals surface area contributed by atoms with Crippen LogP contribution in [0.1, 0.15) is 88.0 Å². The van der Waals surface area contributed by atoms with E-state index >= 15 is 0 Å². The van der Waals surface area contributed by atoms with E-state index in [-0.39, 0.29) is 54.7 Å². The number of ether oxygens (including phenoxy) is 3. The van der Waals surface area contributed by atoms with E-state index in [9.17, 15) is 23.7 Å². The van der Waals surface area contributed by atoms with E-state index in [0.29, 0.717) is 12.8 Å². The van der Waals surface area contributed by atoms with Crippen molar-refractivity contribution in [3.63, 3.8) is 0 Å². The molecule has 1 aliphatic carbocycles. The molecular formula is C33H54N7O9P. The quantitative estimate of drug-likeness (QED) is 0.0953. The monoisotopic (exact) mass is 723 g/mol. The molecule has 3 rings (SSSR count). The van der Waals surface area contributed by atoms with Crippen LogP contribution in [-0.2, 0) is 32.9 Å². The number of H-pyrrole nitrogens is 1. The molecule has 0 bridgehead atoms. The molecule has 1 fully saturated rings. The molecule has 1 aliphatic rings. The summed E-state index contributed by atoms with van der Waals surface area (Å²) in [5, 5.41) is 5.41. The first-order valence-corrected chi connectivity index (χ1v) is 18.4. The first-order valence-electron chi connectivity index (χ1n) is 17.1. The zero-order valence-electron chi connectivity index (χ0n) is 30.6. The maximum Gasteiger partial charge on any atom is 0.408 e. The molecule has 2 aromatic rings. The predicted molar refractivity (Wildman–Crippen MR) is 189 cm³/mol. The number of alkyl carbamates (subject to hydrolysis) is 1. The summed E-state index contributed by atoms with van der Waals surface area (Å²) in [6.07, 6.45) is 4.83. The number of anilines is 1. The number of carbonyl (C=O) groups is 3. The minimum atomic E-state index is -2.99. The highest BCUT2D eigenvalue weighted by Gasteiger charge is 2.51. The summed E-state index contributed by atoms with van der Waals surface area (Å²) in [6, 6.07) is -1.84. The standard InChI is InChI=1S/C33H54N7O9P/c1-10-21(11-2)15-46-28(42)23(12-19(3)4)39-50(45)48-17-33(16-47-29(43)24(20(5)6)36-31(44)49-32(7,8)9)13-22(33)14-40-18-35-25-26(40)37-30(34)38-27(25)41/h14,18-21,23-24,50H,10-13,15-17H2,1-9H3,(H,36,44)(H,39,45)(H3,34,37,38,41)/b22-14-/t23-,24-,33?/m0/s1. The van der Waals surface area contributed by atoms with Gasteiger partial charge in [-0.1, -0.05) is 54.4 Å². The lowest BCUT2D eigenvalue weighted by molar-refractivity contribution is -0.149. The molecule has 0 saturated heterocycles. The van der Waals surface area contributed by atoms with Crippen LogP contribution in [0, 0.1) is 23.2 Å². The predicted octanol–water partition coefficient (Wildman–Crippen LogP) is 4.42. The number of fused-ring (bicyclic) bond motifs is 1. The number of nitrogen functional groups attached to an aromatic ring is 1. The second-order valence-corrected chi connectivity index (χ2v) is 15.7. The van der Waals surface area contributed by atoms with Gasteiger partial charge in [-0.05, 0) is 56.9 Å². The average Bonchev–Trinajstić information content (AvgIpc) is 3.54. The summed E-state index contributed by atoms with van der Waals surface area (Å²) in [5.41, 5.74) is 4.60. The molecule has 4 atom stereocenters. The number of hydrogen-bond donors (Lipinski definition) is 4. The van der Waals surface area contributed by atoms with Crippen LogP contribution in [0.2, 0.25) is 0 Å². The van der Waals surface area contributed by atoms with Gasteiger partial charge in [-0.3, -0.25) is 23.7 Å². The molecule has 17 heteroatoms. The highest BCUT2D eigenvalue weighted by molar-refractivity contribution is 7.36. The van der Waals surface area contributed by atoms with Gasteiger partial charge in [0.2, 0.25) is 5.95 Å². The molecule has 5 N–H and O–H groups in total. The summed E-state index contributed by atoms with van der Waals surface area (Å²) >= 11 is 0. The third-order valence-corrected chi connectivity index (χ3v) is 9.28. The van der Waals surface area contributed by atoms with Crippen molar-refractivity contribution < 1.29 is 37.7 Å². The number of aromatic nitrogens is 4. The van der Waals surface area contributed by atoms with Crippen molar-refractivity contribution in [1.82, 2.24) is 29.9 Å². The Hall–Kier alpha value is -3.75. The molecule has 16 nitrogen and oxygen atoms in total. The largest absolute Gasteiger partial charge is 0.464 e. The number of amides is 1. The molecule has 280 valence electrons. The molecule has 50 heavy (non-hydrogen) atoms. The average molecular weight is 724 g/mol. The topological polar surface area (TPSA) is 219 Å². The van der Waals surface area contributed by atoms with E-state index in [4.69, 9.17) is 24.5 Å². The van der Waals surface area contributed by atoms with Crippen molar-refractivity contribution in [3.8, 4) is 0 Å². The van der Waals surface area contributed by atoms with E-state index in [1.807, 2.05) is 27.7 Å². The van der Waals surface area contributed by atoms with E-state index in [1.54, 1.807) is 40.8 Å². The number of nitrogens with zero attached hydrogens (tertiary/aromatic N) is 3. The smallest absolute Gasteiger partial charge is 0.408 e. The van der Waals surface area contributed by atoms with Crippen molar-refractivity contribution in [2.24, 2.45) is 23.2 Å². The zero-order chi connectivity index (χ0) is 37.4. The van der Waals surface area contributed by atoms with Gasteiger partial charge in [-0.15, -0.1) is 0 Å². The minimum Gasteiger partial charge on any atom is -0.464 e. The number of rotatable bonds is 18. The molecule has 0 aliphatic heterocycles. The van der Waals surface area contributed by atoms with Gasteiger partial charge in [0, 0.05) is 6.20 Å². The Morgan fingerprint density at radius 3 is 2.40 bits per heavy atom. The fourth-order valence-electron chi connectivity index (χ4n) is 5.17. The highest BCUT2D eigenvalue weighted by Crippen LogP contribution is 2.54. The Balaban J connectivity index is 1.80. The SMILES string of the molecule is CCC(CC)COC(=O)[C@H](CC(C)C)N[PH](=O)OCC1(COC(=O)[C@@H](NC(=O)OC(C)(C)C)C(C)C)C/C1=C/n1cnc2c(=O)[nH]c(N)nc21. The molecule has 2 heterocycles. The molecule has 1 saturated carbocycles. The van der Waals surface area contributed by atoms with E-state index in [1.165, 1.54) is 10.9 Å². The normalized spacial score (nSPS) is 18.8. The summed E-state index contributed by atoms with van der Waals surface area (Å²) in [5.74, 6) is -1.25. The lowest BCUT2D eigenvalue weighted by Gasteiger charge is -2.25. The Morgan fingerprint density at radius 1 is 1.12 bits per heavy atom. The Bertz CT molecular complexity index is 1610. The second kappa shape index (κ2) is 17.5. The van der Waals surface area contributed by atoms with Gasteiger partial charge in [0.15, 0.2) is 11.2 Å². The summed E-state index contributed by atoms with van der Waals surface area (Å²) in [6.45, 7) is 16.6. The van der Waals surface area contributed by atoms with Gasteiger partial charge in [-0.25, -0.2) is 19.7 Å². The first-order chi connectivity index (χ1) is 23.4. The van der Waals surface area contributed by atoms with Crippen LogP contribution in [0.4, 0.5) is 10.7 Å². The Labute approximate surface area is 293 Å². The fourth-order valence-corrected chi connectivity index (χ4v) is 6.18. The maximum absolute atomic E-state index is 13.3. The van der Waals surface area contributed by atoms with Crippen LogP contribution in [0.3, 0.4) is 0 Å². The molecule has 2 aromatic heterocycles. The van der Waals surface area contributed by atoms with Gasteiger partial charge >= 0.3 is 18.0 Å². The van der Waals surface area contributed by atoms with Crippen molar-refractivity contribution in [2.45, 2.75) is 106 Å². The zero-order valence-corrected chi connectivity index (χ0v) is 31.6. The van der Waals surface area contributed by atoms with E-state index in [2.05, 4.69) is 25.4 Å². The van der Waals surface area contributed by atoms with Crippen LogP contribution in [-0.4, -0.2) is 75.1 Å². The number of nitrogens with one attached hydrogen (secondary N) is 3. The molecule has 0 spiro atoms. The van der Waals surface area contributed by atoms with Crippen molar-refractivity contribution in [3.05, 3.63) is 22.3 Å². The van der Waals surface area contributed by atoms with Gasteiger partial charge in [0.1, 0.15) is 30.6 Å². The van der Waals surface area contributed by atoms with Gasteiger partial charge in [0.05, 0.1) is 18.6 Å². The maximum atomic E-state index is 13.3. The lowest BCUT2D eigenvalue weighted by atomic mass is 10.0. The van der Waals surface area contributed by atoms with Crippen molar-refractivity contribution in [2.75, 3.05) is 25.6 Å². The van der Waals surface area contributed by atoms with Crippen LogP contribution in [0.5, 0.6) is 0 Å². The number of carbonyl (C=O) groups excluding carboxylic acids is 3. The number of imidazole rings is 1. The molecule has 1 amide bonds. The van der Waals surface area contributed by atoms with E-state index in [0.717, 1.165) is 18.4 Å². The van der Waals surface area contributed by atoms with Crippen LogP contribution >= 0.6 is 8.18 Å². The second-order valence-electron chi connectivity index (χ2n) is 14.6. The Kier molecular flexibility index (Phi) is 14.2. The third-order valence-electron chi connectivity index (χ3n) is 8.29. The number of aromatic amines is 1. The molecular weight excluding hydrogens is 669 g/mol. The summed E-state index contributed by atoms with van der Waals surface area (Å²) in [7, 11) is -2.99. The third kappa shape index (κ3) is 11.7. The minimum absolute atomic E-state index is 0.0829. The highest BCUT2D eigenvalue weighted by atomic mass is 31.1. The van der Waals surface area contributed by atoms with Crippen LogP contribution < -0.4 is 21.7 Å². The van der Waals surface area contributed by atoms with E-state index < -0.39 is 54.9 Å². The van der Waals surface area contributed by atoms with Gasteiger partial charge < -0.3 is 29.8 Å². The summed E-state index contributed by atoms with van der Waals surface area (Å²) < 4.78 is 37.3. The number of esters is 2. The molecule has 2 unspecified atom stereocenters. The van der Waals surface area contributed by atoms with Gasteiger partial charge in [-0.2, -0.15) is 4.98 Å². The van der Waals surface area contributed by atoms with Crippen molar-refractivity contribution in [1.29, 1.82) is 0 Å². The molecule has 0 aromatic carbocycles. The Morgan fingerprint density at radius 2 is 1.80 bits per heavy atom. The number of nitrogens with two attached hydrogens (primary N) is 1. The first kappa shape index (κ1) is 40.7. The van der Waals surface area contributed by atoms with Crippen molar-refractivity contribution >= 4 is 49.5 Å². The van der Waals surface area contributed by atoms with Crippen LogP contribution in [0.25, 0.3) is 17.4 Å². The molecule has 0 radical (unpaired) electrons. The van der Waals surface area contributed by atoms with Crippen LogP contribution in [0.15, 0.2) is 16.7 Å². The fraction of sp³-hybridized carbons (Fsp3) is 0.697. The number of hydrogen-bond acceptors (Lipinski definition) is 12.